The first-order valence-electron chi connectivity index (χ1n) is 12.3. The molecule has 1 aromatic heterocycles. The van der Waals surface area contributed by atoms with Crippen molar-refractivity contribution in [3.8, 4) is 34.4 Å². The summed E-state index contributed by atoms with van der Waals surface area (Å²) in [6.45, 7) is 3.66. The summed E-state index contributed by atoms with van der Waals surface area (Å²) in [4.78, 5) is 19.1. The standard InChI is InChI=1S/C27H32N4O5S/c1-6-7-8-11-16-37-27-28-25(33)22-18-12-9-10-13-20(18)30(17(2)32)26(31(22)29-27)19-14-15-21(34-3)24(36-5)23(19)35-4/h9-10,12-15,26H,6-8,11,16H2,1-5H3. The van der Waals surface area contributed by atoms with E-state index in [9.17, 15) is 9.90 Å². The number of para-hydroxylation sites is 1. The maximum absolute atomic E-state index is 13.4. The topological polar surface area (TPSA) is 101 Å². The first-order valence-corrected chi connectivity index (χ1v) is 13.3. The van der Waals surface area contributed by atoms with Crippen LogP contribution in [-0.4, -0.2) is 43.1 Å². The zero-order chi connectivity index (χ0) is 26.5. The fraction of sp³-hybridized carbons (Fsp3) is 0.407. The van der Waals surface area contributed by atoms with Crippen LogP contribution in [0.3, 0.4) is 0 Å². The van der Waals surface area contributed by atoms with Crippen LogP contribution in [0.1, 0.15) is 51.3 Å². The molecule has 1 amide bonds. The van der Waals surface area contributed by atoms with Gasteiger partial charge in [-0.2, -0.15) is 0 Å². The fourth-order valence-corrected chi connectivity index (χ4v) is 5.46. The average molecular weight is 525 g/mol. The van der Waals surface area contributed by atoms with Gasteiger partial charge in [0, 0.05) is 17.8 Å². The van der Waals surface area contributed by atoms with Gasteiger partial charge in [0.15, 0.2) is 11.5 Å². The Labute approximate surface area is 221 Å². The van der Waals surface area contributed by atoms with Crippen molar-refractivity contribution in [2.75, 3.05) is 32.0 Å². The van der Waals surface area contributed by atoms with E-state index in [2.05, 4.69) is 11.9 Å². The summed E-state index contributed by atoms with van der Waals surface area (Å²) in [6.07, 6.45) is 3.62. The molecule has 9 nitrogen and oxygen atoms in total. The normalized spacial score (nSPS) is 14.1. The second-order valence-electron chi connectivity index (χ2n) is 8.61. The second-order valence-corrected chi connectivity index (χ2v) is 9.67. The Morgan fingerprint density at radius 3 is 2.49 bits per heavy atom. The fourth-order valence-electron chi connectivity index (χ4n) is 4.64. The lowest BCUT2D eigenvalue weighted by atomic mass is 10.00. The number of carbonyl (C=O) groups is 1. The minimum absolute atomic E-state index is 0.215. The Bertz CT molecular complexity index is 1290. The van der Waals surface area contributed by atoms with Gasteiger partial charge in [-0.15, -0.1) is 0 Å². The Hall–Kier alpha value is -3.53. The molecule has 0 fully saturated rings. The molecule has 1 aliphatic rings. The van der Waals surface area contributed by atoms with E-state index < -0.39 is 12.0 Å². The summed E-state index contributed by atoms with van der Waals surface area (Å²) in [5.74, 6) is 1.44. The maximum Gasteiger partial charge on any atom is 0.296 e. The number of unbranched alkanes of at least 4 members (excludes halogenated alkanes) is 3. The molecular formula is C27H32N4O5S. The highest BCUT2D eigenvalue weighted by atomic mass is 32.2. The number of methoxy groups -OCH3 is 3. The van der Waals surface area contributed by atoms with Gasteiger partial charge in [-0.1, -0.05) is 54.8 Å². The molecule has 0 radical (unpaired) electrons. The summed E-state index contributed by atoms with van der Waals surface area (Å²) >= 11 is 1.45. The number of nitrogens with zero attached hydrogens (tertiary/aromatic N) is 4. The molecule has 0 bridgehead atoms. The Balaban J connectivity index is 1.93. The number of aromatic nitrogens is 3. The van der Waals surface area contributed by atoms with Crippen molar-refractivity contribution < 1.29 is 28.8 Å². The molecule has 196 valence electrons. The predicted molar refractivity (Wildman–Crippen MR) is 139 cm³/mol. The highest BCUT2D eigenvalue weighted by Gasteiger charge is 2.46. The number of hydrogen-bond acceptors (Lipinski definition) is 8. The van der Waals surface area contributed by atoms with E-state index in [-0.39, 0.29) is 5.91 Å². The quantitative estimate of drug-likeness (QED) is 0.222. The first kappa shape index (κ1) is 26.5. The lowest BCUT2D eigenvalue weighted by molar-refractivity contribution is -0.764. The zero-order valence-corrected chi connectivity index (χ0v) is 22.6. The summed E-state index contributed by atoms with van der Waals surface area (Å²) in [6, 6.07) is 10.8. The minimum Gasteiger partial charge on any atom is -0.854 e. The number of rotatable bonds is 10. The summed E-state index contributed by atoms with van der Waals surface area (Å²) in [7, 11) is 4.59. The van der Waals surface area contributed by atoms with Crippen LogP contribution in [0, 0.1) is 0 Å². The Morgan fingerprint density at radius 2 is 1.81 bits per heavy atom. The zero-order valence-electron chi connectivity index (χ0n) is 21.8. The van der Waals surface area contributed by atoms with Crippen molar-refractivity contribution in [2.24, 2.45) is 0 Å². The van der Waals surface area contributed by atoms with Gasteiger partial charge in [-0.05, 0) is 30.7 Å². The molecule has 1 unspecified atom stereocenters. The van der Waals surface area contributed by atoms with Gasteiger partial charge in [-0.25, -0.2) is 9.88 Å². The smallest absolute Gasteiger partial charge is 0.296 e. The molecular weight excluding hydrogens is 492 g/mol. The van der Waals surface area contributed by atoms with Crippen molar-refractivity contribution in [3.63, 3.8) is 0 Å². The van der Waals surface area contributed by atoms with E-state index in [1.54, 1.807) is 28.8 Å². The summed E-state index contributed by atoms with van der Waals surface area (Å²) in [5.41, 5.74) is 2.09. The Kier molecular flexibility index (Phi) is 8.38. The van der Waals surface area contributed by atoms with Crippen LogP contribution < -0.4 is 28.9 Å². The molecule has 0 aliphatic carbocycles. The van der Waals surface area contributed by atoms with E-state index in [0.717, 1.165) is 25.0 Å². The molecule has 0 saturated heterocycles. The molecule has 10 heteroatoms. The van der Waals surface area contributed by atoms with Crippen LogP contribution in [0.25, 0.3) is 11.3 Å². The van der Waals surface area contributed by atoms with Crippen LogP contribution >= 0.6 is 11.8 Å². The van der Waals surface area contributed by atoms with Gasteiger partial charge >= 0.3 is 0 Å². The van der Waals surface area contributed by atoms with Gasteiger partial charge in [-0.3, -0.25) is 4.79 Å². The van der Waals surface area contributed by atoms with E-state index in [4.69, 9.17) is 19.3 Å². The number of amides is 1. The largest absolute Gasteiger partial charge is 0.854 e. The predicted octanol–water partition coefficient (Wildman–Crippen LogP) is 4.12. The number of ether oxygens (including phenoxy) is 3. The van der Waals surface area contributed by atoms with Crippen LogP contribution in [0.5, 0.6) is 23.1 Å². The number of thioether (sulfide) groups is 1. The number of benzene rings is 2. The van der Waals surface area contributed by atoms with E-state index >= 15 is 0 Å². The minimum atomic E-state index is -0.813. The SMILES string of the molecule is CCCCCCSc1nc([O-])c2[n+](n1)C(c1ccc(OC)c(OC)c1OC)N(C(C)=O)c1ccccc1-2. The number of hydrogen-bond donors (Lipinski definition) is 0. The summed E-state index contributed by atoms with van der Waals surface area (Å²) in [5, 5.41) is 18.6. The molecule has 0 N–H and O–H groups in total. The van der Waals surface area contributed by atoms with E-state index in [1.165, 1.54) is 39.3 Å². The van der Waals surface area contributed by atoms with E-state index in [1.807, 2.05) is 24.3 Å². The first-order chi connectivity index (χ1) is 18.0. The molecule has 0 saturated carbocycles. The van der Waals surface area contributed by atoms with Crippen LogP contribution in [0.2, 0.25) is 0 Å². The maximum atomic E-state index is 13.4. The van der Waals surface area contributed by atoms with Crippen LogP contribution in [0.15, 0.2) is 41.6 Å². The third-order valence-electron chi connectivity index (χ3n) is 6.30. The molecule has 0 spiro atoms. The lowest BCUT2D eigenvalue weighted by Crippen LogP contribution is -2.58. The second kappa shape index (κ2) is 11.7. The number of anilines is 1. The molecule has 3 aromatic rings. The van der Waals surface area contributed by atoms with Gasteiger partial charge in [0.2, 0.25) is 11.7 Å². The van der Waals surface area contributed by atoms with Gasteiger partial charge in [0.25, 0.3) is 17.0 Å². The highest BCUT2D eigenvalue weighted by Crippen LogP contribution is 2.47. The molecule has 2 heterocycles. The lowest BCUT2D eigenvalue weighted by Gasteiger charge is -2.33. The average Bonchev–Trinajstić information content (AvgIpc) is 2.90. The van der Waals surface area contributed by atoms with Crippen LogP contribution in [0.4, 0.5) is 5.69 Å². The van der Waals surface area contributed by atoms with Gasteiger partial charge < -0.3 is 19.3 Å². The third-order valence-corrected chi connectivity index (χ3v) is 7.22. The molecule has 1 atom stereocenters. The highest BCUT2D eigenvalue weighted by molar-refractivity contribution is 7.99. The summed E-state index contributed by atoms with van der Waals surface area (Å²) < 4.78 is 18.4. The molecule has 37 heavy (non-hydrogen) atoms. The van der Waals surface area contributed by atoms with Crippen LogP contribution in [-0.2, 0) is 4.79 Å². The van der Waals surface area contributed by atoms with E-state index in [0.29, 0.717) is 44.9 Å². The van der Waals surface area contributed by atoms with Gasteiger partial charge in [0.05, 0.1) is 44.0 Å². The van der Waals surface area contributed by atoms with Crippen molar-refractivity contribution in [1.29, 1.82) is 0 Å². The van der Waals surface area contributed by atoms with Crippen molar-refractivity contribution in [1.82, 2.24) is 10.1 Å². The van der Waals surface area contributed by atoms with Crippen molar-refractivity contribution in [3.05, 3.63) is 42.0 Å². The molecule has 2 aromatic carbocycles. The Morgan fingerprint density at radius 1 is 1.05 bits per heavy atom. The number of fused-ring (bicyclic) bond motifs is 3. The molecule has 4 rings (SSSR count). The number of carbonyl (C=O) groups excluding carboxylic acids is 1. The van der Waals surface area contributed by atoms with Crippen molar-refractivity contribution >= 4 is 23.4 Å². The third kappa shape index (κ3) is 5.02. The van der Waals surface area contributed by atoms with Crippen molar-refractivity contribution in [2.45, 2.75) is 50.9 Å². The monoisotopic (exact) mass is 524 g/mol. The molecule has 1 aliphatic heterocycles. The van der Waals surface area contributed by atoms with Gasteiger partial charge in [0.1, 0.15) is 0 Å².